The SMILES string of the molecule is COc1ccc(NC(=O)C2CCN(Cc3nc(-c4cccc(Cl)c4)no3)CC2)cc1S(=O)(=O)N1CCCCC1. The molecule has 2 aliphatic heterocycles. The molecule has 1 N–H and O–H groups in total. The number of ether oxygens (including phenoxy) is 1. The van der Waals surface area contributed by atoms with Gasteiger partial charge in [0, 0.05) is 35.3 Å². The predicted octanol–water partition coefficient (Wildman–Crippen LogP) is 4.42. The van der Waals surface area contributed by atoms with E-state index in [0.29, 0.717) is 68.0 Å². The summed E-state index contributed by atoms with van der Waals surface area (Å²) >= 11 is 6.06. The van der Waals surface area contributed by atoms with Crippen molar-refractivity contribution in [2.75, 3.05) is 38.6 Å². The molecule has 2 saturated heterocycles. The van der Waals surface area contributed by atoms with Gasteiger partial charge in [-0.3, -0.25) is 9.69 Å². The van der Waals surface area contributed by atoms with Gasteiger partial charge in [0.25, 0.3) is 0 Å². The number of methoxy groups -OCH3 is 1. The zero-order valence-corrected chi connectivity index (χ0v) is 23.4. The van der Waals surface area contributed by atoms with Crippen molar-refractivity contribution in [2.45, 2.75) is 43.5 Å². The van der Waals surface area contributed by atoms with Crippen LogP contribution in [-0.2, 0) is 21.4 Å². The number of piperidine rings is 2. The molecule has 0 saturated carbocycles. The van der Waals surface area contributed by atoms with Crippen LogP contribution in [-0.4, -0.2) is 67.0 Å². The van der Waals surface area contributed by atoms with Crippen molar-refractivity contribution in [3.05, 3.63) is 53.4 Å². The maximum absolute atomic E-state index is 13.3. The van der Waals surface area contributed by atoms with Crippen molar-refractivity contribution >= 4 is 33.2 Å². The number of sulfonamides is 1. The van der Waals surface area contributed by atoms with Crippen LogP contribution in [0.3, 0.4) is 0 Å². The lowest BCUT2D eigenvalue weighted by Gasteiger charge is -2.30. The van der Waals surface area contributed by atoms with Gasteiger partial charge in [0.15, 0.2) is 0 Å². The number of hydrogen-bond donors (Lipinski definition) is 1. The molecule has 10 nitrogen and oxygen atoms in total. The van der Waals surface area contributed by atoms with Crippen molar-refractivity contribution in [3.63, 3.8) is 0 Å². The Labute approximate surface area is 233 Å². The molecule has 2 fully saturated rings. The molecule has 0 atom stereocenters. The van der Waals surface area contributed by atoms with Gasteiger partial charge >= 0.3 is 0 Å². The Morgan fingerprint density at radius 2 is 1.87 bits per heavy atom. The number of halogens is 1. The number of nitrogens with one attached hydrogen (secondary N) is 1. The van der Waals surface area contributed by atoms with Gasteiger partial charge in [0.05, 0.1) is 13.7 Å². The highest BCUT2D eigenvalue weighted by Crippen LogP contribution is 2.32. The Morgan fingerprint density at radius 1 is 1.10 bits per heavy atom. The van der Waals surface area contributed by atoms with E-state index in [9.17, 15) is 13.2 Å². The minimum absolute atomic E-state index is 0.0798. The summed E-state index contributed by atoms with van der Waals surface area (Å²) in [5.41, 5.74) is 1.23. The first kappa shape index (κ1) is 27.6. The van der Waals surface area contributed by atoms with Crippen LogP contribution in [0.2, 0.25) is 5.02 Å². The van der Waals surface area contributed by atoms with E-state index in [4.69, 9.17) is 20.9 Å². The molecule has 2 aliphatic rings. The highest BCUT2D eigenvalue weighted by Gasteiger charge is 2.30. The third kappa shape index (κ3) is 6.43. The number of hydrogen-bond acceptors (Lipinski definition) is 8. The van der Waals surface area contributed by atoms with E-state index in [1.165, 1.54) is 17.5 Å². The molecule has 3 heterocycles. The summed E-state index contributed by atoms with van der Waals surface area (Å²) in [7, 11) is -2.27. The zero-order chi connectivity index (χ0) is 27.4. The van der Waals surface area contributed by atoms with E-state index in [2.05, 4.69) is 20.4 Å². The van der Waals surface area contributed by atoms with E-state index in [1.807, 2.05) is 12.1 Å². The molecular weight excluding hydrogens is 542 g/mol. The van der Waals surface area contributed by atoms with Gasteiger partial charge in [-0.2, -0.15) is 9.29 Å². The maximum Gasteiger partial charge on any atom is 0.246 e. The molecular formula is C27H32ClN5O5S. The molecule has 0 spiro atoms. The third-order valence-electron chi connectivity index (χ3n) is 7.23. The summed E-state index contributed by atoms with van der Waals surface area (Å²) in [6.07, 6.45) is 4.03. The number of likely N-dealkylation sites (tertiary alicyclic amines) is 1. The first-order chi connectivity index (χ1) is 18.8. The van der Waals surface area contributed by atoms with Gasteiger partial charge in [-0.05, 0) is 69.1 Å². The second-order valence-corrected chi connectivity index (χ2v) is 12.2. The van der Waals surface area contributed by atoms with Gasteiger partial charge in [0.2, 0.25) is 27.6 Å². The topological polar surface area (TPSA) is 118 Å². The molecule has 1 amide bonds. The quantitative estimate of drug-likeness (QED) is 0.421. The molecule has 39 heavy (non-hydrogen) atoms. The lowest BCUT2D eigenvalue weighted by molar-refractivity contribution is -0.121. The van der Waals surface area contributed by atoms with Crippen molar-refractivity contribution in [1.82, 2.24) is 19.3 Å². The van der Waals surface area contributed by atoms with E-state index in [1.54, 1.807) is 24.3 Å². The van der Waals surface area contributed by atoms with Gasteiger partial charge in [-0.25, -0.2) is 8.42 Å². The highest BCUT2D eigenvalue weighted by atomic mass is 35.5. The lowest BCUT2D eigenvalue weighted by atomic mass is 9.96. The van der Waals surface area contributed by atoms with Crippen LogP contribution >= 0.6 is 11.6 Å². The van der Waals surface area contributed by atoms with Crippen molar-refractivity contribution in [1.29, 1.82) is 0 Å². The normalized spacial score (nSPS) is 17.7. The number of carbonyl (C=O) groups excluding carboxylic acids is 1. The molecule has 5 rings (SSSR count). The summed E-state index contributed by atoms with van der Waals surface area (Å²) in [5, 5.41) is 7.59. The first-order valence-electron chi connectivity index (χ1n) is 13.1. The van der Waals surface area contributed by atoms with E-state index < -0.39 is 10.0 Å². The molecule has 0 radical (unpaired) electrons. The van der Waals surface area contributed by atoms with Gasteiger partial charge in [0.1, 0.15) is 10.6 Å². The van der Waals surface area contributed by atoms with E-state index in [0.717, 1.165) is 24.8 Å². The van der Waals surface area contributed by atoms with Gasteiger partial charge in [-0.1, -0.05) is 35.3 Å². The fraction of sp³-hybridized carbons (Fsp3) is 0.444. The summed E-state index contributed by atoms with van der Waals surface area (Å²) < 4.78 is 38.9. The van der Waals surface area contributed by atoms with Crippen molar-refractivity contribution < 1.29 is 22.5 Å². The summed E-state index contributed by atoms with van der Waals surface area (Å²) in [6.45, 7) is 2.88. The molecule has 208 valence electrons. The van der Waals surface area contributed by atoms with Crippen molar-refractivity contribution in [2.24, 2.45) is 5.92 Å². The second-order valence-electron chi connectivity index (χ2n) is 9.89. The van der Waals surface area contributed by atoms with Crippen LogP contribution in [0.25, 0.3) is 11.4 Å². The number of aromatic nitrogens is 2. The lowest BCUT2D eigenvalue weighted by Crippen LogP contribution is -2.38. The van der Waals surface area contributed by atoms with Crippen LogP contribution in [0.5, 0.6) is 5.75 Å². The van der Waals surface area contributed by atoms with Gasteiger partial charge in [-0.15, -0.1) is 0 Å². The Hall–Kier alpha value is -2.99. The van der Waals surface area contributed by atoms with Crippen LogP contribution in [0.4, 0.5) is 5.69 Å². The smallest absolute Gasteiger partial charge is 0.246 e. The molecule has 0 unspecified atom stereocenters. The van der Waals surface area contributed by atoms with Crippen LogP contribution < -0.4 is 10.1 Å². The van der Waals surface area contributed by atoms with Crippen LogP contribution in [0.15, 0.2) is 51.9 Å². The average molecular weight is 574 g/mol. The van der Waals surface area contributed by atoms with Crippen LogP contribution in [0, 0.1) is 5.92 Å². The van der Waals surface area contributed by atoms with E-state index in [-0.39, 0.29) is 22.5 Å². The number of rotatable bonds is 8. The fourth-order valence-electron chi connectivity index (χ4n) is 5.05. The monoisotopic (exact) mass is 573 g/mol. The molecule has 1 aromatic heterocycles. The fourth-order valence-corrected chi connectivity index (χ4v) is 6.94. The standard InChI is InChI=1S/C27H32ClN5O5S/c1-37-23-9-8-22(17-24(23)39(35,36)33-12-3-2-4-13-33)29-27(34)19-10-14-32(15-11-19)18-25-30-26(31-38-25)20-6-5-7-21(28)16-20/h5-9,16-17,19H,2-4,10-15,18H2,1H3,(H,29,34). The summed E-state index contributed by atoms with van der Waals surface area (Å²) in [4.78, 5) is 19.8. The molecule has 0 bridgehead atoms. The summed E-state index contributed by atoms with van der Waals surface area (Å²) in [5.74, 6) is 0.959. The zero-order valence-electron chi connectivity index (χ0n) is 21.8. The van der Waals surface area contributed by atoms with Gasteiger partial charge < -0.3 is 14.6 Å². The average Bonchev–Trinajstić information content (AvgIpc) is 3.42. The minimum atomic E-state index is -3.72. The predicted molar refractivity (Wildman–Crippen MR) is 147 cm³/mol. The maximum atomic E-state index is 13.3. The molecule has 3 aromatic rings. The Kier molecular flexibility index (Phi) is 8.51. The Morgan fingerprint density at radius 3 is 2.59 bits per heavy atom. The Bertz CT molecular complexity index is 1420. The molecule has 2 aromatic carbocycles. The van der Waals surface area contributed by atoms with Crippen LogP contribution in [0.1, 0.15) is 38.0 Å². The number of amides is 1. The molecule has 12 heteroatoms. The Balaban J connectivity index is 1.18. The van der Waals surface area contributed by atoms with Crippen molar-refractivity contribution in [3.8, 4) is 17.1 Å². The number of carbonyl (C=O) groups is 1. The second kappa shape index (κ2) is 12.0. The summed E-state index contributed by atoms with van der Waals surface area (Å²) in [6, 6.07) is 12.1. The molecule has 0 aliphatic carbocycles. The largest absolute Gasteiger partial charge is 0.495 e. The third-order valence-corrected chi connectivity index (χ3v) is 9.39. The minimum Gasteiger partial charge on any atom is -0.495 e. The first-order valence-corrected chi connectivity index (χ1v) is 15.0. The number of benzene rings is 2. The highest BCUT2D eigenvalue weighted by molar-refractivity contribution is 7.89. The number of nitrogens with zero attached hydrogens (tertiary/aromatic N) is 4. The number of anilines is 1. The van der Waals surface area contributed by atoms with E-state index >= 15 is 0 Å².